The maximum atomic E-state index is 12.5. The molecule has 0 saturated carbocycles. The number of hydrogen-bond donors (Lipinski definition) is 1. The second kappa shape index (κ2) is 7.60. The van der Waals surface area contributed by atoms with Gasteiger partial charge in [0.2, 0.25) is 5.91 Å². The number of aryl methyl sites for hydroxylation is 1. The van der Waals surface area contributed by atoms with Gasteiger partial charge in [-0.25, -0.2) is 4.79 Å². The molecule has 0 aromatic heterocycles. The molecule has 0 atom stereocenters. The first-order valence-electron chi connectivity index (χ1n) is 10.6. The molecule has 0 bridgehead atoms. The van der Waals surface area contributed by atoms with Crippen molar-refractivity contribution in [3.63, 3.8) is 0 Å². The molecule has 2 aliphatic rings. The van der Waals surface area contributed by atoms with E-state index < -0.39 is 11.1 Å². The van der Waals surface area contributed by atoms with Crippen LogP contribution in [0.2, 0.25) is 5.02 Å². The Labute approximate surface area is 184 Å². The molecule has 0 radical (unpaired) electrons. The zero-order chi connectivity index (χ0) is 22.5. The first-order chi connectivity index (χ1) is 13.7. The number of likely N-dealkylation sites (tertiary alicyclic amines) is 1. The molecule has 1 fully saturated rings. The molecule has 1 spiro atoms. The van der Waals surface area contributed by atoms with Gasteiger partial charge < -0.3 is 15.0 Å². The molecule has 1 aliphatic heterocycles. The number of halogens is 1. The van der Waals surface area contributed by atoms with E-state index in [1.54, 1.807) is 11.8 Å². The molecule has 1 N–H and O–H groups in total. The van der Waals surface area contributed by atoms with Crippen molar-refractivity contribution in [3.8, 4) is 0 Å². The van der Waals surface area contributed by atoms with Crippen molar-refractivity contribution in [2.45, 2.75) is 77.9 Å². The molecule has 6 heteroatoms. The SMILES string of the molecule is CC(=O)NC(C)(C)C1=CC2(CCN(C(=O)OC(C)(C)C)CC2)c2cc(Cl)c(C)cc21. The van der Waals surface area contributed by atoms with Crippen LogP contribution in [0.1, 0.15) is 71.1 Å². The zero-order valence-corrected chi connectivity index (χ0v) is 19.9. The van der Waals surface area contributed by atoms with Gasteiger partial charge in [0.05, 0.1) is 5.54 Å². The number of allylic oxidation sites excluding steroid dienone is 1. The van der Waals surface area contributed by atoms with Gasteiger partial charge in [0.1, 0.15) is 5.60 Å². The predicted octanol–water partition coefficient (Wildman–Crippen LogP) is 5.23. The molecule has 164 valence electrons. The van der Waals surface area contributed by atoms with E-state index in [0.717, 1.165) is 34.6 Å². The van der Waals surface area contributed by atoms with E-state index in [2.05, 4.69) is 23.5 Å². The first-order valence-corrected chi connectivity index (χ1v) is 10.9. The number of piperidine rings is 1. The lowest BCUT2D eigenvalue weighted by molar-refractivity contribution is -0.119. The lowest BCUT2D eigenvalue weighted by atomic mass is 9.74. The number of nitrogens with zero attached hydrogens (tertiary/aromatic N) is 1. The zero-order valence-electron chi connectivity index (χ0n) is 19.1. The number of rotatable bonds is 2. The second-order valence-electron chi connectivity index (χ2n) is 10.1. The normalized spacial score (nSPS) is 18.1. The standard InChI is InChI=1S/C24H33ClN2O3/c1-15-12-17-18(13-20(15)25)24(14-19(17)23(6,7)26-16(2)28)8-10-27(11-9-24)21(29)30-22(3,4)5/h12-14H,8-11H2,1-7H3,(H,26,28). The topological polar surface area (TPSA) is 58.6 Å². The average Bonchev–Trinajstić information content (AvgIpc) is 2.88. The van der Waals surface area contributed by atoms with Gasteiger partial charge in [-0.1, -0.05) is 17.7 Å². The summed E-state index contributed by atoms with van der Waals surface area (Å²) < 4.78 is 5.55. The van der Waals surface area contributed by atoms with E-state index in [1.807, 2.05) is 41.5 Å². The molecule has 1 aromatic rings. The van der Waals surface area contributed by atoms with Gasteiger partial charge >= 0.3 is 6.09 Å². The highest BCUT2D eigenvalue weighted by Gasteiger charge is 2.45. The fourth-order valence-electron chi connectivity index (χ4n) is 4.60. The quantitative estimate of drug-likeness (QED) is 0.696. The molecule has 2 amide bonds. The minimum atomic E-state index is -0.507. The summed E-state index contributed by atoms with van der Waals surface area (Å²) in [7, 11) is 0. The largest absolute Gasteiger partial charge is 0.444 e. The molecule has 1 heterocycles. The van der Waals surface area contributed by atoms with Crippen molar-refractivity contribution >= 4 is 29.2 Å². The minimum Gasteiger partial charge on any atom is -0.444 e. The molecule has 1 aliphatic carbocycles. The maximum Gasteiger partial charge on any atom is 0.410 e. The number of amides is 2. The van der Waals surface area contributed by atoms with Crippen molar-refractivity contribution < 1.29 is 14.3 Å². The maximum absolute atomic E-state index is 12.5. The monoisotopic (exact) mass is 432 g/mol. The van der Waals surface area contributed by atoms with E-state index in [1.165, 1.54) is 5.56 Å². The summed E-state index contributed by atoms with van der Waals surface area (Å²) >= 11 is 6.52. The van der Waals surface area contributed by atoms with Crippen LogP contribution < -0.4 is 5.32 Å². The van der Waals surface area contributed by atoms with Crippen LogP contribution in [0.5, 0.6) is 0 Å². The van der Waals surface area contributed by atoms with Crippen LogP contribution in [-0.4, -0.2) is 41.1 Å². The van der Waals surface area contributed by atoms with E-state index in [-0.39, 0.29) is 17.4 Å². The predicted molar refractivity (Wildman–Crippen MR) is 121 cm³/mol. The highest BCUT2D eigenvalue weighted by molar-refractivity contribution is 6.31. The minimum absolute atomic E-state index is 0.0613. The number of benzene rings is 1. The average molecular weight is 433 g/mol. The van der Waals surface area contributed by atoms with Crippen LogP contribution >= 0.6 is 11.6 Å². The van der Waals surface area contributed by atoms with Crippen molar-refractivity contribution in [2.75, 3.05) is 13.1 Å². The Balaban J connectivity index is 1.95. The van der Waals surface area contributed by atoms with Gasteiger partial charge in [-0.3, -0.25) is 4.79 Å². The van der Waals surface area contributed by atoms with E-state index >= 15 is 0 Å². The summed E-state index contributed by atoms with van der Waals surface area (Å²) in [6, 6.07) is 4.20. The Morgan fingerprint density at radius 3 is 2.27 bits per heavy atom. The fourth-order valence-corrected chi connectivity index (χ4v) is 4.76. The number of carbonyl (C=O) groups is 2. The lowest BCUT2D eigenvalue weighted by Crippen LogP contribution is -2.46. The van der Waals surface area contributed by atoms with Crippen molar-refractivity contribution in [3.05, 3.63) is 39.9 Å². The van der Waals surface area contributed by atoms with Crippen LogP contribution in [0.25, 0.3) is 5.57 Å². The summed E-state index contributed by atoms with van der Waals surface area (Å²) in [5.74, 6) is -0.0613. The molecule has 30 heavy (non-hydrogen) atoms. The molecular weight excluding hydrogens is 400 g/mol. The number of ether oxygens (including phenoxy) is 1. The third-order valence-electron chi connectivity index (χ3n) is 6.02. The molecular formula is C24H33ClN2O3. The summed E-state index contributed by atoms with van der Waals surface area (Å²) in [5.41, 5.74) is 3.24. The fraction of sp³-hybridized carbons (Fsp3) is 0.583. The van der Waals surface area contributed by atoms with Gasteiger partial charge in [0.15, 0.2) is 0 Å². The van der Waals surface area contributed by atoms with Gasteiger partial charge in [-0.05, 0) is 88.8 Å². The Morgan fingerprint density at radius 2 is 1.73 bits per heavy atom. The Hall–Kier alpha value is -2.01. The molecule has 5 nitrogen and oxygen atoms in total. The van der Waals surface area contributed by atoms with Crippen LogP contribution in [-0.2, 0) is 14.9 Å². The number of carbonyl (C=O) groups excluding carboxylic acids is 2. The number of fused-ring (bicyclic) bond motifs is 2. The molecule has 1 aromatic carbocycles. The highest BCUT2D eigenvalue weighted by Crippen LogP contribution is 2.51. The Bertz CT molecular complexity index is 904. The lowest BCUT2D eigenvalue weighted by Gasteiger charge is -2.39. The van der Waals surface area contributed by atoms with Crippen LogP contribution in [0.4, 0.5) is 4.79 Å². The van der Waals surface area contributed by atoms with E-state index in [9.17, 15) is 9.59 Å². The number of hydrogen-bond acceptors (Lipinski definition) is 3. The highest BCUT2D eigenvalue weighted by atomic mass is 35.5. The number of nitrogens with one attached hydrogen (secondary N) is 1. The van der Waals surface area contributed by atoms with Crippen LogP contribution in [0.15, 0.2) is 18.2 Å². The summed E-state index contributed by atoms with van der Waals surface area (Å²) in [6.07, 6.45) is 3.62. The molecule has 1 saturated heterocycles. The van der Waals surface area contributed by atoms with Crippen LogP contribution in [0.3, 0.4) is 0 Å². The van der Waals surface area contributed by atoms with Gasteiger partial charge in [-0.15, -0.1) is 0 Å². The summed E-state index contributed by atoms with van der Waals surface area (Å²) in [4.78, 5) is 26.1. The third kappa shape index (κ3) is 4.36. The van der Waals surface area contributed by atoms with Gasteiger partial charge in [-0.2, -0.15) is 0 Å². The Morgan fingerprint density at radius 1 is 1.13 bits per heavy atom. The van der Waals surface area contributed by atoms with Crippen molar-refractivity contribution in [1.29, 1.82) is 0 Å². The van der Waals surface area contributed by atoms with Gasteiger partial charge in [0.25, 0.3) is 0 Å². The smallest absolute Gasteiger partial charge is 0.410 e. The van der Waals surface area contributed by atoms with Crippen molar-refractivity contribution in [1.82, 2.24) is 10.2 Å². The van der Waals surface area contributed by atoms with Crippen molar-refractivity contribution in [2.24, 2.45) is 0 Å². The van der Waals surface area contributed by atoms with Gasteiger partial charge in [0, 0.05) is 30.5 Å². The molecule has 3 rings (SSSR count). The first kappa shape index (κ1) is 22.7. The summed E-state index contributed by atoms with van der Waals surface area (Å²) in [6.45, 7) is 14.5. The molecule has 0 unspecified atom stereocenters. The third-order valence-corrected chi connectivity index (χ3v) is 6.42. The summed E-state index contributed by atoms with van der Waals surface area (Å²) in [5, 5.41) is 3.83. The van der Waals surface area contributed by atoms with Crippen LogP contribution in [0, 0.1) is 6.92 Å². The van der Waals surface area contributed by atoms with E-state index in [0.29, 0.717) is 13.1 Å². The Kier molecular flexibility index (Phi) is 5.74. The van der Waals surface area contributed by atoms with E-state index in [4.69, 9.17) is 16.3 Å². The second-order valence-corrected chi connectivity index (χ2v) is 10.5.